The Morgan fingerprint density at radius 1 is 1.06 bits per heavy atom. The van der Waals surface area contributed by atoms with E-state index in [1.165, 1.54) is 36.0 Å². The first kappa shape index (κ1) is 25.2. The number of methoxy groups -OCH3 is 1. The SMILES string of the molecule is COc1ccc(C(=O)NCc2nnc(SCC(=O)Nc3ccc(F)cc3)n2-c2cccc(Cl)c2)cc1. The van der Waals surface area contributed by atoms with Crippen molar-refractivity contribution in [3.05, 3.63) is 95.0 Å². The first-order valence-corrected chi connectivity index (χ1v) is 12.1. The lowest BCUT2D eigenvalue weighted by Gasteiger charge is -2.12. The minimum atomic E-state index is -0.386. The lowest BCUT2D eigenvalue weighted by atomic mass is 10.2. The largest absolute Gasteiger partial charge is 0.497 e. The van der Waals surface area contributed by atoms with E-state index in [1.54, 1.807) is 54.1 Å². The van der Waals surface area contributed by atoms with Crippen LogP contribution in [-0.4, -0.2) is 39.4 Å². The van der Waals surface area contributed by atoms with Crippen molar-refractivity contribution >= 4 is 40.9 Å². The van der Waals surface area contributed by atoms with Crippen LogP contribution >= 0.6 is 23.4 Å². The summed E-state index contributed by atoms with van der Waals surface area (Å²) in [4.78, 5) is 25.1. The molecule has 0 saturated carbocycles. The van der Waals surface area contributed by atoms with E-state index in [2.05, 4.69) is 20.8 Å². The molecule has 1 heterocycles. The van der Waals surface area contributed by atoms with Crippen LogP contribution in [0.1, 0.15) is 16.2 Å². The first-order valence-electron chi connectivity index (χ1n) is 10.7. The van der Waals surface area contributed by atoms with Crippen LogP contribution in [-0.2, 0) is 11.3 Å². The van der Waals surface area contributed by atoms with Gasteiger partial charge in [-0.05, 0) is 66.7 Å². The third-order valence-electron chi connectivity index (χ3n) is 4.99. The maximum Gasteiger partial charge on any atom is 0.251 e. The van der Waals surface area contributed by atoms with Gasteiger partial charge in [-0.3, -0.25) is 14.2 Å². The van der Waals surface area contributed by atoms with Gasteiger partial charge < -0.3 is 15.4 Å². The summed E-state index contributed by atoms with van der Waals surface area (Å²) in [7, 11) is 1.56. The quantitative estimate of drug-likeness (QED) is 0.307. The van der Waals surface area contributed by atoms with Crippen LogP contribution in [0.5, 0.6) is 5.75 Å². The second-order valence-electron chi connectivity index (χ2n) is 7.47. The number of hydrogen-bond acceptors (Lipinski definition) is 6. The van der Waals surface area contributed by atoms with Crippen LogP contribution < -0.4 is 15.4 Å². The Morgan fingerprint density at radius 3 is 2.50 bits per heavy atom. The molecule has 0 radical (unpaired) electrons. The Balaban J connectivity index is 1.49. The molecule has 0 spiro atoms. The van der Waals surface area contributed by atoms with Crippen molar-refractivity contribution in [1.29, 1.82) is 0 Å². The third-order valence-corrected chi connectivity index (χ3v) is 6.15. The average Bonchev–Trinajstić information content (AvgIpc) is 3.30. The number of hydrogen-bond donors (Lipinski definition) is 2. The van der Waals surface area contributed by atoms with Crippen LogP contribution in [0.25, 0.3) is 5.69 Å². The van der Waals surface area contributed by atoms with Gasteiger partial charge in [0, 0.05) is 16.3 Å². The van der Waals surface area contributed by atoms with Gasteiger partial charge in [0.15, 0.2) is 11.0 Å². The fourth-order valence-electron chi connectivity index (χ4n) is 3.25. The van der Waals surface area contributed by atoms with Crippen LogP contribution in [0, 0.1) is 5.82 Å². The smallest absolute Gasteiger partial charge is 0.251 e. The zero-order valence-corrected chi connectivity index (χ0v) is 20.6. The van der Waals surface area contributed by atoms with Gasteiger partial charge in [0.25, 0.3) is 5.91 Å². The maximum atomic E-state index is 13.1. The van der Waals surface area contributed by atoms with Crippen LogP contribution in [0.2, 0.25) is 5.02 Å². The summed E-state index contributed by atoms with van der Waals surface area (Å²) >= 11 is 7.36. The normalized spacial score (nSPS) is 10.6. The Hall–Kier alpha value is -3.89. The Morgan fingerprint density at radius 2 is 1.81 bits per heavy atom. The van der Waals surface area contributed by atoms with Crippen molar-refractivity contribution < 1.29 is 18.7 Å². The molecule has 3 aromatic carbocycles. The molecule has 8 nitrogen and oxygen atoms in total. The molecule has 11 heteroatoms. The highest BCUT2D eigenvalue weighted by atomic mass is 35.5. The standard InChI is InChI=1S/C25H21ClFN5O3S/c1-35-21-11-5-16(6-12-21)24(34)28-14-22-30-31-25(32(22)20-4-2-3-17(26)13-20)36-15-23(33)29-19-9-7-18(27)8-10-19/h2-13H,14-15H2,1H3,(H,28,34)(H,29,33). The van der Waals surface area contributed by atoms with Crippen molar-refractivity contribution in [3.8, 4) is 11.4 Å². The number of thioether (sulfide) groups is 1. The highest BCUT2D eigenvalue weighted by Gasteiger charge is 2.17. The number of benzene rings is 3. The Kier molecular flexibility index (Phi) is 8.19. The molecule has 4 aromatic rings. The number of aromatic nitrogens is 3. The molecule has 184 valence electrons. The van der Waals surface area contributed by atoms with Gasteiger partial charge in [-0.1, -0.05) is 29.4 Å². The zero-order chi connectivity index (χ0) is 25.5. The Bertz CT molecular complexity index is 1360. The lowest BCUT2D eigenvalue weighted by molar-refractivity contribution is -0.113. The van der Waals surface area contributed by atoms with Gasteiger partial charge in [0.1, 0.15) is 11.6 Å². The number of carbonyl (C=O) groups is 2. The molecule has 4 rings (SSSR count). The summed E-state index contributed by atoms with van der Waals surface area (Å²) in [5.41, 5.74) is 1.64. The van der Waals surface area contributed by atoms with Crippen molar-refractivity contribution in [2.75, 3.05) is 18.2 Å². The molecule has 2 amide bonds. The molecular formula is C25H21ClFN5O3S. The number of carbonyl (C=O) groups excluding carboxylic acids is 2. The summed E-state index contributed by atoms with van der Waals surface area (Å²) in [5.74, 6) is 0.184. The highest BCUT2D eigenvalue weighted by molar-refractivity contribution is 7.99. The van der Waals surface area contributed by atoms with E-state index in [0.717, 1.165) is 0 Å². The second-order valence-corrected chi connectivity index (χ2v) is 8.85. The van der Waals surface area contributed by atoms with Gasteiger partial charge in [0.05, 0.1) is 25.1 Å². The minimum Gasteiger partial charge on any atom is -0.497 e. The van der Waals surface area contributed by atoms with E-state index in [1.807, 2.05) is 6.07 Å². The molecule has 36 heavy (non-hydrogen) atoms. The predicted molar refractivity (Wildman–Crippen MR) is 136 cm³/mol. The fraction of sp³-hybridized carbons (Fsp3) is 0.120. The summed E-state index contributed by atoms with van der Waals surface area (Å²) in [6.07, 6.45) is 0. The fourth-order valence-corrected chi connectivity index (χ4v) is 4.20. The molecule has 0 aliphatic carbocycles. The average molecular weight is 526 g/mol. The number of halogens is 2. The van der Waals surface area contributed by atoms with E-state index in [9.17, 15) is 14.0 Å². The molecule has 0 atom stereocenters. The lowest BCUT2D eigenvalue weighted by Crippen LogP contribution is -2.24. The zero-order valence-electron chi connectivity index (χ0n) is 19.1. The van der Waals surface area contributed by atoms with E-state index in [0.29, 0.717) is 38.7 Å². The number of amides is 2. The van der Waals surface area contributed by atoms with E-state index < -0.39 is 0 Å². The van der Waals surface area contributed by atoms with Crippen molar-refractivity contribution in [3.63, 3.8) is 0 Å². The van der Waals surface area contributed by atoms with Gasteiger partial charge >= 0.3 is 0 Å². The molecule has 0 aliphatic heterocycles. The second kappa shape index (κ2) is 11.7. The molecule has 0 fully saturated rings. The summed E-state index contributed by atoms with van der Waals surface area (Å²) in [6.45, 7) is 0.0900. The topological polar surface area (TPSA) is 98.1 Å². The molecule has 0 aliphatic rings. The minimum absolute atomic E-state index is 0.0360. The molecule has 0 unspecified atom stereocenters. The number of nitrogens with one attached hydrogen (secondary N) is 2. The van der Waals surface area contributed by atoms with E-state index >= 15 is 0 Å². The van der Waals surface area contributed by atoms with Crippen LogP contribution in [0.4, 0.5) is 10.1 Å². The summed E-state index contributed by atoms with van der Waals surface area (Å²) < 4.78 is 19.9. The van der Waals surface area contributed by atoms with E-state index in [4.69, 9.17) is 16.3 Å². The van der Waals surface area contributed by atoms with Crippen molar-refractivity contribution in [1.82, 2.24) is 20.1 Å². The predicted octanol–water partition coefficient (Wildman–Crippen LogP) is 4.73. The monoisotopic (exact) mass is 525 g/mol. The van der Waals surface area contributed by atoms with Crippen molar-refractivity contribution in [2.45, 2.75) is 11.7 Å². The van der Waals surface area contributed by atoms with E-state index in [-0.39, 0.29) is 29.9 Å². The molecule has 0 saturated heterocycles. The maximum absolute atomic E-state index is 13.1. The number of rotatable bonds is 9. The Labute approximate surface area is 215 Å². The highest BCUT2D eigenvalue weighted by Crippen LogP contribution is 2.24. The first-order chi connectivity index (χ1) is 17.4. The van der Waals surface area contributed by atoms with Gasteiger partial charge in [-0.2, -0.15) is 0 Å². The number of anilines is 1. The van der Waals surface area contributed by atoms with Gasteiger partial charge in [0.2, 0.25) is 5.91 Å². The van der Waals surface area contributed by atoms with Gasteiger partial charge in [-0.15, -0.1) is 10.2 Å². The summed E-state index contributed by atoms with van der Waals surface area (Å²) in [5, 5.41) is 15.0. The molecule has 0 bridgehead atoms. The number of ether oxygens (including phenoxy) is 1. The molecular weight excluding hydrogens is 505 g/mol. The van der Waals surface area contributed by atoms with Crippen LogP contribution in [0.3, 0.4) is 0 Å². The van der Waals surface area contributed by atoms with Crippen LogP contribution in [0.15, 0.2) is 78.0 Å². The van der Waals surface area contributed by atoms with Gasteiger partial charge in [-0.25, -0.2) is 4.39 Å². The third kappa shape index (κ3) is 6.41. The van der Waals surface area contributed by atoms with Crippen molar-refractivity contribution in [2.24, 2.45) is 0 Å². The number of nitrogens with zero attached hydrogens (tertiary/aromatic N) is 3. The molecule has 2 N–H and O–H groups in total. The summed E-state index contributed by atoms with van der Waals surface area (Å²) in [6, 6.07) is 19.3. The molecule has 1 aromatic heterocycles.